The third-order valence-electron chi connectivity index (χ3n) is 2.43. The van der Waals surface area contributed by atoms with Crippen LogP contribution in [-0.2, 0) is 9.53 Å². The van der Waals surface area contributed by atoms with Crippen LogP contribution in [0.1, 0.15) is 25.7 Å². The molecule has 1 saturated carbocycles. The Morgan fingerprint density at radius 1 is 1.28 bits per heavy atom. The number of carbonyl (C=O) groups excluding carboxylic acids is 1. The fraction of sp³-hybridized carbons (Fsp3) is 0.909. The molecule has 0 spiro atoms. The van der Waals surface area contributed by atoms with Crippen LogP contribution in [0.5, 0.6) is 0 Å². The minimum Gasteiger partial charge on any atom is -0.372 e. The van der Waals surface area contributed by atoms with Gasteiger partial charge in [0.2, 0.25) is 5.91 Å². The van der Waals surface area contributed by atoms with Crippen LogP contribution in [0.3, 0.4) is 0 Å². The fourth-order valence-corrected chi connectivity index (χ4v) is 1.35. The third kappa shape index (κ3) is 9.23. The Bertz CT molecular complexity index is 255. The summed E-state index contributed by atoms with van der Waals surface area (Å²) in [4.78, 5) is 11.2. The first-order valence-electron chi connectivity index (χ1n) is 6.12. The van der Waals surface area contributed by atoms with Crippen molar-refractivity contribution in [2.45, 2.75) is 37.9 Å². The van der Waals surface area contributed by atoms with E-state index in [9.17, 15) is 18.0 Å². The highest BCUT2D eigenvalue weighted by Gasteiger charge is 2.27. The topological polar surface area (TPSA) is 50.4 Å². The highest BCUT2D eigenvalue weighted by molar-refractivity contribution is 5.75. The van der Waals surface area contributed by atoms with Crippen molar-refractivity contribution in [3.63, 3.8) is 0 Å². The zero-order valence-corrected chi connectivity index (χ0v) is 10.2. The molecular formula is C11H19F3N2O2. The summed E-state index contributed by atoms with van der Waals surface area (Å²) in [5.74, 6) is -0.274. The van der Waals surface area contributed by atoms with Crippen LogP contribution in [0.15, 0.2) is 0 Å². The van der Waals surface area contributed by atoms with Gasteiger partial charge in [-0.25, -0.2) is 0 Å². The zero-order valence-electron chi connectivity index (χ0n) is 10.2. The van der Waals surface area contributed by atoms with Crippen molar-refractivity contribution in [1.82, 2.24) is 10.6 Å². The quantitative estimate of drug-likeness (QED) is 0.618. The van der Waals surface area contributed by atoms with E-state index >= 15 is 0 Å². The highest BCUT2D eigenvalue weighted by Crippen LogP contribution is 2.18. The van der Waals surface area contributed by atoms with Gasteiger partial charge in [-0.05, 0) is 25.8 Å². The van der Waals surface area contributed by atoms with Crippen molar-refractivity contribution in [3.8, 4) is 0 Å². The standard InChI is InChI=1S/C11H19F3N2O2/c12-11(13,14)8-18-7-4-10(17)16-6-1-5-15-9-2-3-9/h9,15H,1-8H2,(H,16,17). The van der Waals surface area contributed by atoms with Gasteiger partial charge in [-0.1, -0.05) is 0 Å². The lowest BCUT2D eigenvalue weighted by atomic mass is 10.3. The molecular weight excluding hydrogens is 249 g/mol. The summed E-state index contributed by atoms with van der Waals surface area (Å²) in [6.45, 7) is -0.107. The van der Waals surface area contributed by atoms with E-state index < -0.39 is 12.8 Å². The maximum absolute atomic E-state index is 11.7. The molecule has 0 aromatic carbocycles. The number of amides is 1. The summed E-state index contributed by atoms with van der Waals surface area (Å²) in [7, 11) is 0. The van der Waals surface area contributed by atoms with Gasteiger partial charge in [0.15, 0.2) is 0 Å². The molecule has 0 heterocycles. The molecule has 0 bridgehead atoms. The summed E-state index contributed by atoms with van der Waals surface area (Å²) in [5.41, 5.74) is 0. The molecule has 7 heteroatoms. The maximum Gasteiger partial charge on any atom is 0.411 e. The van der Waals surface area contributed by atoms with Gasteiger partial charge in [-0.15, -0.1) is 0 Å². The van der Waals surface area contributed by atoms with Crippen molar-refractivity contribution >= 4 is 5.91 Å². The van der Waals surface area contributed by atoms with Crippen molar-refractivity contribution < 1.29 is 22.7 Å². The number of hydrogen-bond acceptors (Lipinski definition) is 3. The SMILES string of the molecule is O=C(CCOCC(F)(F)F)NCCCNC1CC1. The van der Waals surface area contributed by atoms with E-state index in [-0.39, 0.29) is 18.9 Å². The molecule has 1 aliphatic carbocycles. The number of hydrogen-bond donors (Lipinski definition) is 2. The molecule has 18 heavy (non-hydrogen) atoms. The van der Waals surface area contributed by atoms with E-state index in [4.69, 9.17) is 0 Å². The van der Waals surface area contributed by atoms with Crippen LogP contribution in [0, 0.1) is 0 Å². The van der Waals surface area contributed by atoms with Crippen molar-refractivity contribution in [2.24, 2.45) is 0 Å². The monoisotopic (exact) mass is 268 g/mol. The Hall–Kier alpha value is -0.820. The van der Waals surface area contributed by atoms with Crippen molar-refractivity contribution in [2.75, 3.05) is 26.3 Å². The zero-order chi connectivity index (χ0) is 13.4. The number of ether oxygens (including phenoxy) is 1. The predicted molar refractivity (Wildman–Crippen MR) is 60.1 cm³/mol. The Balaban J connectivity index is 1.84. The molecule has 0 saturated heterocycles. The Kier molecular flexibility index (Phi) is 6.42. The van der Waals surface area contributed by atoms with Crippen LogP contribution < -0.4 is 10.6 Å². The number of rotatable bonds is 9. The lowest BCUT2D eigenvalue weighted by molar-refractivity contribution is -0.174. The van der Waals surface area contributed by atoms with Crippen LogP contribution in [-0.4, -0.2) is 44.4 Å². The minimum absolute atomic E-state index is 0.0356. The molecule has 2 N–H and O–H groups in total. The van der Waals surface area contributed by atoms with Gasteiger partial charge in [0.25, 0.3) is 0 Å². The Labute approximate surface area is 104 Å². The summed E-state index contributed by atoms with van der Waals surface area (Å²) < 4.78 is 39.5. The van der Waals surface area contributed by atoms with Gasteiger partial charge in [-0.3, -0.25) is 4.79 Å². The average Bonchev–Trinajstić information content (AvgIpc) is 3.06. The van der Waals surface area contributed by atoms with E-state index in [1.165, 1.54) is 12.8 Å². The van der Waals surface area contributed by atoms with Gasteiger partial charge in [-0.2, -0.15) is 13.2 Å². The molecule has 0 atom stereocenters. The lowest BCUT2D eigenvalue weighted by Gasteiger charge is -2.08. The van der Waals surface area contributed by atoms with E-state index in [2.05, 4.69) is 15.4 Å². The first kappa shape index (κ1) is 15.2. The Morgan fingerprint density at radius 3 is 2.61 bits per heavy atom. The number of halogens is 3. The van der Waals surface area contributed by atoms with Crippen LogP contribution in [0.2, 0.25) is 0 Å². The smallest absolute Gasteiger partial charge is 0.372 e. The first-order valence-corrected chi connectivity index (χ1v) is 6.12. The molecule has 1 amide bonds. The first-order chi connectivity index (χ1) is 8.47. The minimum atomic E-state index is -4.33. The van der Waals surface area contributed by atoms with Gasteiger partial charge in [0.05, 0.1) is 6.61 Å². The van der Waals surface area contributed by atoms with Gasteiger partial charge >= 0.3 is 6.18 Å². The number of carbonyl (C=O) groups is 1. The Morgan fingerprint density at radius 2 is 2.00 bits per heavy atom. The van der Waals surface area contributed by atoms with Gasteiger partial charge in [0, 0.05) is 19.0 Å². The molecule has 1 aliphatic rings. The van der Waals surface area contributed by atoms with Crippen LogP contribution >= 0.6 is 0 Å². The van der Waals surface area contributed by atoms with E-state index in [0.29, 0.717) is 12.6 Å². The summed E-state index contributed by atoms with van der Waals surface area (Å²) in [6.07, 6.45) is -1.09. The third-order valence-corrected chi connectivity index (χ3v) is 2.43. The lowest BCUT2D eigenvalue weighted by Crippen LogP contribution is -2.29. The van der Waals surface area contributed by atoms with Crippen LogP contribution in [0.4, 0.5) is 13.2 Å². The molecule has 0 radical (unpaired) electrons. The van der Waals surface area contributed by atoms with E-state index in [1.807, 2.05) is 0 Å². The highest BCUT2D eigenvalue weighted by atomic mass is 19.4. The molecule has 1 fully saturated rings. The molecule has 0 unspecified atom stereocenters. The normalized spacial score (nSPS) is 15.7. The maximum atomic E-state index is 11.7. The summed E-state index contributed by atoms with van der Waals surface area (Å²) >= 11 is 0. The largest absolute Gasteiger partial charge is 0.411 e. The second kappa shape index (κ2) is 7.58. The van der Waals surface area contributed by atoms with E-state index in [1.54, 1.807) is 0 Å². The number of nitrogens with one attached hydrogen (secondary N) is 2. The van der Waals surface area contributed by atoms with Crippen molar-refractivity contribution in [3.05, 3.63) is 0 Å². The second-order valence-corrected chi connectivity index (χ2v) is 4.35. The molecule has 1 rings (SSSR count). The number of alkyl halides is 3. The van der Waals surface area contributed by atoms with E-state index in [0.717, 1.165) is 13.0 Å². The predicted octanol–water partition coefficient (Wildman–Crippen LogP) is 1.21. The van der Waals surface area contributed by atoms with Gasteiger partial charge < -0.3 is 15.4 Å². The van der Waals surface area contributed by atoms with Gasteiger partial charge in [0.1, 0.15) is 6.61 Å². The molecule has 0 aromatic rings. The summed E-state index contributed by atoms with van der Waals surface area (Å²) in [6, 6.07) is 0.650. The average molecular weight is 268 g/mol. The fourth-order valence-electron chi connectivity index (χ4n) is 1.35. The molecule has 0 aliphatic heterocycles. The second-order valence-electron chi connectivity index (χ2n) is 4.35. The van der Waals surface area contributed by atoms with Crippen molar-refractivity contribution in [1.29, 1.82) is 0 Å². The molecule has 4 nitrogen and oxygen atoms in total. The molecule has 106 valence electrons. The summed E-state index contributed by atoms with van der Waals surface area (Å²) in [5, 5.41) is 5.93. The molecule has 0 aromatic heterocycles. The van der Waals surface area contributed by atoms with Crippen LogP contribution in [0.25, 0.3) is 0 Å².